The monoisotopic (exact) mass is 345 g/mol. The summed E-state index contributed by atoms with van der Waals surface area (Å²) in [4.78, 5) is 20.4. The number of para-hydroxylation sites is 1. The Labute approximate surface area is 152 Å². The number of rotatable bonds is 7. The maximum absolute atomic E-state index is 12.3. The van der Waals surface area contributed by atoms with Crippen LogP contribution in [0.2, 0.25) is 0 Å². The summed E-state index contributed by atoms with van der Waals surface area (Å²) in [6, 6.07) is 19.0. The number of nitrogens with one attached hydrogen (secondary N) is 1. The first-order valence-electron chi connectivity index (χ1n) is 8.28. The second-order valence-corrected chi connectivity index (χ2v) is 5.56. The van der Waals surface area contributed by atoms with Gasteiger partial charge in [0.2, 0.25) is 5.91 Å². The normalized spacial score (nSPS) is 11.8. The molecule has 0 aliphatic heterocycles. The number of benzene rings is 2. The molecule has 1 amide bonds. The number of carbonyl (C=O) groups is 1. The van der Waals surface area contributed by atoms with Crippen LogP contribution in [0.5, 0.6) is 5.75 Å². The van der Waals surface area contributed by atoms with Gasteiger partial charge in [-0.1, -0.05) is 48.5 Å². The quantitative estimate of drug-likeness (QED) is 0.667. The lowest BCUT2D eigenvalue weighted by molar-refractivity contribution is -0.117. The highest BCUT2D eigenvalue weighted by Crippen LogP contribution is 2.16. The van der Waals surface area contributed by atoms with E-state index in [0.29, 0.717) is 12.3 Å². The van der Waals surface area contributed by atoms with Gasteiger partial charge in [-0.15, -0.1) is 0 Å². The zero-order valence-electron chi connectivity index (χ0n) is 14.2. The molecule has 5 heteroatoms. The van der Waals surface area contributed by atoms with Gasteiger partial charge in [-0.25, -0.2) is 0 Å². The van der Waals surface area contributed by atoms with Crippen molar-refractivity contribution in [3.8, 4) is 5.75 Å². The molecule has 0 spiro atoms. The highest BCUT2D eigenvalue weighted by Gasteiger charge is 2.14. The fraction of sp³-hybridized carbons (Fsp3) is 0.0952. The Morgan fingerprint density at radius 2 is 1.77 bits per heavy atom. The first kappa shape index (κ1) is 17.4. The largest absolute Gasteiger partial charge is 0.491 e. The van der Waals surface area contributed by atoms with E-state index in [1.807, 2.05) is 60.7 Å². The van der Waals surface area contributed by atoms with E-state index in [2.05, 4.69) is 15.3 Å². The van der Waals surface area contributed by atoms with Crippen LogP contribution in [0.15, 0.2) is 85.3 Å². The van der Waals surface area contributed by atoms with Crippen molar-refractivity contribution in [3.05, 3.63) is 96.6 Å². The lowest BCUT2D eigenvalue weighted by Crippen LogP contribution is -2.31. The molecule has 0 fully saturated rings. The number of hydrogen-bond acceptors (Lipinski definition) is 4. The fourth-order valence-electron chi connectivity index (χ4n) is 2.38. The van der Waals surface area contributed by atoms with Gasteiger partial charge in [0.15, 0.2) is 0 Å². The minimum absolute atomic E-state index is 0.221. The van der Waals surface area contributed by atoms with Crippen molar-refractivity contribution in [3.63, 3.8) is 0 Å². The third kappa shape index (κ3) is 5.27. The van der Waals surface area contributed by atoms with Gasteiger partial charge in [0.05, 0.1) is 17.9 Å². The smallest absolute Gasteiger partial charge is 0.244 e. The van der Waals surface area contributed by atoms with Crippen LogP contribution in [-0.2, 0) is 4.79 Å². The number of aromatic nitrogens is 2. The molecule has 2 aromatic carbocycles. The van der Waals surface area contributed by atoms with Gasteiger partial charge >= 0.3 is 0 Å². The summed E-state index contributed by atoms with van der Waals surface area (Å²) in [5, 5.41) is 2.97. The van der Waals surface area contributed by atoms with Gasteiger partial charge in [0.1, 0.15) is 12.4 Å². The third-order valence-corrected chi connectivity index (χ3v) is 3.67. The van der Waals surface area contributed by atoms with Crippen molar-refractivity contribution >= 4 is 12.0 Å². The van der Waals surface area contributed by atoms with Gasteiger partial charge in [0, 0.05) is 18.5 Å². The van der Waals surface area contributed by atoms with E-state index in [4.69, 9.17) is 4.74 Å². The van der Waals surface area contributed by atoms with Gasteiger partial charge in [-0.3, -0.25) is 14.8 Å². The van der Waals surface area contributed by atoms with Crippen molar-refractivity contribution in [2.75, 3.05) is 6.61 Å². The number of carbonyl (C=O) groups excluding carboxylic acids is 1. The summed E-state index contributed by atoms with van der Waals surface area (Å²) in [6.07, 6.45) is 7.84. The summed E-state index contributed by atoms with van der Waals surface area (Å²) in [6.45, 7) is 0.332. The molecule has 0 saturated heterocycles. The molecule has 0 unspecified atom stereocenters. The number of amides is 1. The van der Waals surface area contributed by atoms with Crippen molar-refractivity contribution in [1.82, 2.24) is 15.3 Å². The van der Waals surface area contributed by atoms with Crippen LogP contribution in [-0.4, -0.2) is 22.5 Å². The number of nitrogens with zero attached hydrogens (tertiary/aromatic N) is 2. The molecule has 26 heavy (non-hydrogen) atoms. The van der Waals surface area contributed by atoms with E-state index in [1.165, 1.54) is 6.08 Å². The van der Waals surface area contributed by atoms with Crippen LogP contribution >= 0.6 is 0 Å². The average molecular weight is 345 g/mol. The van der Waals surface area contributed by atoms with E-state index in [0.717, 1.165) is 11.3 Å². The van der Waals surface area contributed by atoms with Crippen molar-refractivity contribution in [2.24, 2.45) is 0 Å². The first-order chi connectivity index (χ1) is 12.8. The maximum atomic E-state index is 12.3. The summed E-state index contributed by atoms with van der Waals surface area (Å²) < 4.78 is 5.83. The second-order valence-electron chi connectivity index (χ2n) is 5.56. The Bertz CT molecular complexity index is 837. The first-order valence-corrected chi connectivity index (χ1v) is 8.28. The molecule has 0 aliphatic carbocycles. The van der Waals surface area contributed by atoms with Crippen LogP contribution < -0.4 is 10.1 Å². The Hall–Kier alpha value is -3.47. The van der Waals surface area contributed by atoms with E-state index >= 15 is 0 Å². The van der Waals surface area contributed by atoms with E-state index in [-0.39, 0.29) is 11.9 Å². The Morgan fingerprint density at radius 1 is 1.04 bits per heavy atom. The highest BCUT2D eigenvalue weighted by molar-refractivity contribution is 5.91. The molecule has 0 radical (unpaired) electrons. The summed E-state index contributed by atoms with van der Waals surface area (Å²) in [5.74, 6) is 0.541. The molecule has 3 rings (SSSR count). The Morgan fingerprint density at radius 3 is 2.46 bits per heavy atom. The van der Waals surface area contributed by atoms with E-state index < -0.39 is 0 Å². The van der Waals surface area contributed by atoms with E-state index in [1.54, 1.807) is 24.7 Å². The van der Waals surface area contributed by atoms with Gasteiger partial charge < -0.3 is 10.1 Å². The molecule has 0 saturated carbocycles. The summed E-state index contributed by atoms with van der Waals surface area (Å²) in [7, 11) is 0. The highest BCUT2D eigenvalue weighted by atomic mass is 16.5. The van der Waals surface area contributed by atoms with Crippen molar-refractivity contribution in [1.29, 1.82) is 0 Å². The molecule has 3 aromatic rings. The topological polar surface area (TPSA) is 64.1 Å². The summed E-state index contributed by atoms with van der Waals surface area (Å²) in [5.41, 5.74) is 1.60. The predicted molar refractivity (Wildman–Crippen MR) is 100 cm³/mol. The number of hydrogen-bond donors (Lipinski definition) is 1. The fourth-order valence-corrected chi connectivity index (χ4v) is 2.38. The van der Waals surface area contributed by atoms with Crippen molar-refractivity contribution < 1.29 is 9.53 Å². The van der Waals surface area contributed by atoms with Crippen LogP contribution in [0.4, 0.5) is 0 Å². The Kier molecular flexibility index (Phi) is 6.09. The molecule has 1 aromatic heterocycles. The van der Waals surface area contributed by atoms with Crippen molar-refractivity contribution in [2.45, 2.75) is 6.04 Å². The molecular formula is C21H19N3O2. The third-order valence-electron chi connectivity index (χ3n) is 3.67. The molecule has 0 bridgehead atoms. The summed E-state index contributed by atoms with van der Waals surface area (Å²) >= 11 is 0. The molecule has 1 N–H and O–H groups in total. The molecule has 1 atom stereocenters. The minimum Gasteiger partial charge on any atom is -0.491 e. The van der Waals surface area contributed by atoms with Gasteiger partial charge in [0.25, 0.3) is 0 Å². The molecule has 130 valence electrons. The predicted octanol–water partition coefficient (Wildman–Crippen LogP) is 3.43. The van der Waals surface area contributed by atoms with Crippen LogP contribution in [0.3, 0.4) is 0 Å². The lowest BCUT2D eigenvalue weighted by Gasteiger charge is -2.19. The molecule has 0 aliphatic rings. The van der Waals surface area contributed by atoms with Gasteiger partial charge in [-0.05, 0) is 23.8 Å². The Balaban J connectivity index is 1.67. The zero-order valence-corrected chi connectivity index (χ0v) is 14.2. The minimum atomic E-state index is -0.268. The van der Waals surface area contributed by atoms with Crippen LogP contribution in [0, 0.1) is 0 Å². The lowest BCUT2D eigenvalue weighted by atomic mass is 10.1. The van der Waals surface area contributed by atoms with E-state index in [9.17, 15) is 4.79 Å². The van der Waals surface area contributed by atoms with Gasteiger partial charge in [-0.2, -0.15) is 0 Å². The molecule has 5 nitrogen and oxygen atoms in total. The zero-order chi connectivity index (χ0) is 18.0. The molecule has 1 heterocycles. The van der Waals surface area contributed by atoms with Crippen LogP contribution in [0.25, 0.3) is 6.08 Å². The maximum Gasteiger partial charge on any atom is 0.244 e. The van der Waals surface area contributed by atoms with Crippen LogP contribution in [0.1, 0.15) is 17.3 Å². The SMILES string of the molecule is O=C(/C=C\c1cnccn1)N[C@@H](COc1ccccc1)c1ccccc1. The average Bonchev–Trinajstić information content (AvgIpc) is 2.72. The second kappa shape index (κ2) is 9.13. The molecular weight excluding hydrogens is 326 g/mol. The number of ether oxygens (including phenoxy) is 1. The standard InChI is InChI=1S/C21H19N3O2/c25-21(12-11-18-15-22-13-14-23-18)24-20(17-7-3-1-4-8-17)16-26-19-9-5-2-6-10-19/h1-15,20H,16H2,(H,24,25)/b12-11-/t20-/m0/s1.